The first-order valence-electron chi connectivity index (χ1n) is 7.60. The number of nitrogens with one attached hydrogen (secondary N) is 1. The molecule has 0 unspecified atom stereocenters. The van der Waals surface area contributed by atoms with E-state index in [4.69, 9.17) is 18.9 Å². The molecule has 0 radical (unpaired) electrons. The number of amides is 2. The van der Waals surface area contributed by atoms with Crippen LogP contribution in [-0.2, 0) is 4.74 Å². The van der Waals surface area contributed by atoms with Crippen LogP contribution in [0.3, 0.4) is 0 Å². The summed E-state index contributed by atoms with van der Waals surface area (Å²) in [5, 5.41) is 2.77. The highest BCUT2D eigenvalue weighted by Crippen LogP contribution is 2.38. The van der Waals surface area contributed by atoms with Gasteiger partial charge >= 0.3 is 6.09 Å². The number of benzene rings is 1. The highest BCUT2D eigenvalue weighted by atomic mass is 16.6. The Bertz CT molecular complexity index is 579. The molecule has 0 saturated carbocycles. The quantitative estimate of drug-likeness (QED) is 0.806. The van der Waals surface area contributed by atoms with E-state index in [-0.39, 0.29) is 12.0 Å². The number of hydrogen-bond donors (Lipinski definition) is 1. The molecule has 0 spiro atoms. The fourth-order valence-electron chi connectivity index (χ4n) is 2.42. The van der Waals surface area contributed by atoms with E-state index in [1.54, 1.807) is 17.0 Å². The molecule has 2 rings (SSSR count). The molecule has 1 N–H and O–H groups in total. The van der Waals surface area contributed by atoms with Crippen molar-refractivity contribution in [3.63, 3.8) is 0 Å². The van der Waals surface area contributed by atoms with Crippen molar-refractivity contribution in [1.82, 2.24) is 10.2 Å². The monoisotopic (exact) mass is 338 g/mol. The van der Waals surface area contributed by atoms with Crippen LogP contribution >= 0.6 is 0 Å². The average molecular weight is 338 g/mol. The number of rotatable bonds is 7. The first kappa shape index (κ1) is 17.7. The van der Waals surface area contributed by atoms with Gasteiger partial charge < -0.3 is 29.2 Å². The molecule has 132 valence electrons. The van der Waals surface area contributed by atoms with Gasteiger partial charge in [0.15, 0.2) is 11.5 Å². The molecule has 1 aliphatic heterocycles. The largest absolute Gasteiger partial charge is 0.493 e. The molecule has 0 aliphatic carbocycles. The maximum Gasteiger partial charge on any atom is 0.409 e. The standard InChI is InChI=1S/C16H22N2O6/c1-21-12-9-11(10-13(22-2)14(12)23-3)15(19)17-5-7-18-6-4-8-24-16(18)20/h9-10H,4-8H2,1-3H3,(H,17,19). The minimum atomic E-state index is -0.344. The summed E-state index contributed by atoms with van der Waals surface area (Å²) in [7, 11) is 4.47. The van der Waals surface area contributed by atoms with Crippen molar-refractivity contribution >= 4 is 12.0 Å². The summed E-state index contributed by atoms with van der Waals surface area (Å²) in [6.45, 7) is 1.81. The Morgan fingerprint density at radius 2 is 1.88 bits per heavy atom. The predicted octanol–water partition coefficient (Wildman–Crippen LogP) is 1.28. The van der Waals surface area contributed by atoms with Crippen LogP contribution in [0.1, 0.15) is 16.8 Å². The van der Waals surface area contributed by atoms with Crippen LogP contribution in [0.4, 0.5) is 4.79 Å². The lowest BCUT2D eigenvalue weighted by Gasteiger charge is -2.26. The Morgan fingerprint density at radius 3 is 2.42 bits per heavy atom. The van der Waals surface area contributed by atoms with Gasteiger partial charge in [-0.25, -0.2) is 4.79 Å². The van der Waals surface area contributed by atoms with Gasteiger partial charge in [0, 0.05) is 25.2 Å². The van der Waals surface area contributed by atoms with Crippen molar-refractivity contribution < 1.29 is 28.5 Å². The molecule has 0 aromatic heterocycles. The molecule has 8 nitrogen and oxygen atoms in total. The van der Waals surface area contributed by atoms with E-state index in [1.807, 2.05) is 0 Å². The molecule has 8 heteroatoms. The Labute approximate surface area is 140 Å². The lowest BCUT2D eigenvalue weighted by atomic mass is 10.1. The van der Waals surface area contributed by atoms with Gasteiger partial charge in [0.25, 0.3) is 5.91 Å². The first-order chi connectivity index (χ1) is 11.6. The van der Waals surface area contributed by atoms with Gasteiger partial charge in [0.1, 0.15) is 0 Å². The molecule has 1 saturated heterocycles. The summed E-state index contributed by atoms with van der Waals surface area (Å²) in [5.74, 6) is 0.940. The van der Waals surface area contributed by atoms with Crippen LogP contribution in [-0.4, -0.2) is 64.5 Å². The average Bonchev–Trinajstić information content (AvgIpc) is 2.61. The molecule has 1 aromatic rings. The van der Waals surface area contributed by atoms with E-state index >= 15 is 0 Å². The Hall–Kier alpha value is -2.64. The smallest absolute Gasteiger partial charge is 0.409 e. The van der Waals surface area contributed by atoms with Crippen LogP contribution in [0.5, 0.6) is 17.2 Å². The van der Waals surface area contributed by atoms with Gasteiger partial charge in [-0.05, 0) is 18.6 Å². The van der Waals surface area contributed by atoms with Crippen LogP contribution in [0.25, 0.3) is 0 Å². The SMILES string of the molecule is COc1cc(C(=O)NCCN2CCCOC2=O)cc(OC)c1OC. The van der Waals surface area contributed by atoms with Crippen LogP contribution in [0.2, 0.25) is 0 Å². The molecule has 1 aromatic carbocycles. The number of cyclic esters (lactones) is 1. The molecule has 1 fully saturated rings. The van der Waals surface area contributed by atoms with Crippen molar-refractivity contribution in [3.05, 3.63) is 17.7 Å². The Balaban J connectivity index is 2.00. The van der Waals surface area contributed by atoms with Crippen molar-refractivity contribution in [3.8, 4) is 17.2 Å². The number of carbonyl (C=O) groups excluding carboxylic acids is 2. The molecule has 1 heterocycles. The third kappa shape index (κ3) is 4.01. The summed E-state index contributed by atoms with van der Waals surface area (Å²) in [6.07, 6.45) is 0.454. The topological polar surface area (TPSA) is 86.3 Å². The number of hydrogen-bond acceptors (Lipinski definition) is 6. The zero-order valence-corrected chi connectivity index (χ0v) is 14.1. The molecule has 24 heavy (non-hydrogen) atoms. The van der Waals surface area contributed by atoms with Gasteiger partial charge in [-0.15, -0.1) is 0 Å². The minimum absolute atomic E-state index is 0.292. The fourth-order valence-corrected chi connectivity index (χ4v) is 2.42. The second kappa shape index (κ2) is 8.28. The van der Waals surface area contributed by atoms with Gasteiger partial charge in [-0.3, -0.25) is 4.79 Å². The summed E-state index contributed by atoms with van der Waals surface area (Å²) in [5.41, 5.74) is 0.380. The highest BCUT2D eigenvalue weighted by molar-refractivity contribution is 5.95. The third-order valence-corrected chi connectivity index (χ3v) is 3.65. The summed E-state index contributed by atoms with van der Waals surface area (Å²) in [4.78, 5) is 25.4. The predicted molar refractivity (Wildman–Crippen MR) is 86.0 cm³/mol. The maximum atomic E-state index is 12.3. The number of methoxy groups -OCH3 is 3. The van der Waals surface area contributed by atoms with E-state index in [0.717, 1.165) is 6.42 Å². The number of nitrogens with zero attached hydrogens (tertiary/aromatic N) is 1. The Kier molecular flexibility index (Phi) is 6.11. The van der Waals surface area contributed by atoms with Gasteiger partial charge in [0.2, 0.25) is 5.75 Å². The summed E-state index contributed by atoms with van der Waals surface area (Å²) >= 11 is 0. The minimum Gasteiger partial charge on any atom is -0.493 e. The molecule has 0 bridgehead atoms. The first-order valence-corrected chi connectivity index (χ1v) is 7.60. The fraction of sp³-hybridized carbons (Fsp3) is 0.500. The van der Waals surface area contributed by atoms with E-state index in [1.165, 1.54) is 21.3 Å². The van der Waals surface area contributed by atoms with Crippen molar-refractivity contribution in [2.24, 2.45) is 0 Å². The second-order valence-electron chi connectivity index (χ2n) is 5.12. The van der Waals surface area contributed by atoms with Crippen LogP contribution in [0.15, 0.2) is 12.1 Å². The molecular formula is C16H22N2O6. The zero-order chi connectivity index (χ0) is 17.5. The normalized spacial score (nSPS) is 14.0. The zero-order valence-electron chi connectivity index (χ0n) is 14.1. The molecule has 1 aliphatic rings. The van der Waals surface area contributed by atoms with E-state index in [9.17, 15) is 9.59 Å². The maximum absolute atomic E-state index is 12.3. The number of carbonyl (C=O) groups is 2. The van der Waals surface area contributed by atoms with Crippen molar-refractivity contribution in [1.29, 1.82) is 0 Å². The van der Waals surface area contributed by atoms with Crippen LogP contribution < -0.4 is 19.5 Å². The van der Waals surface area contributed by atoms with Gasteiger partial charge in [-0.2, -0.15) is 0 Å². The molecule has 2 amide bonds. The van der Waals surface area contributed by atoms with E-state index in [2.05, 4.69) is 5.32 Å². The Morgan fingerprint density at radius 1 is 1.21 bits per heavy atom. The van der Waals surface area contributed by atoms with E-state index in [0.29, 0.717) is 49.1 Å². The number of ether oxygens (including phenoxy) is 4. The van der Waals surface area contributed by atoms with E-state index < -0.39 is 0 Å². The molecule has 0 atom stereocenters. The highest BCUT2D eigenvalue weighted by Gasteiger charge is 2.20. The summed E-state index contributed by atoms with van der Waals surface area (Å²) < 4.78 is 20.6. The lowest BCUT2D eigenvalue weighted by molar-refractivity contribution is 0.0719. The van der Waals surface area contributed by atoms with Crippen molar-refractivity contribution in [2.75, 3.05) is 47.6 Å². The van der Waals surface area contributed by atoms with Crippen molar-refractivity contribution in [2.45, 2.75) is 6.42 Å². The van der Waals surface area contributed by atoms with Gasteiger partial charge in [-0.1, -0.05) is 0 Å². The second-order valence-corrected chi connectivity index (χ2v) is 5.12. The molecular weight excluding hydrogens is 316 g/mol. The lowest BCUT2D eigenvalue weighted by Crippen LogP contribution is -2.42. The van der Waals surface area contributed by atoms with Gasteiger partial charge in [0.05, 0.1) is 27.9 Å². The third-order valence-electron chi connectivity index (χ3n) is 3.65. The van der Waals surface area contributed by atoms with Crippen LogP contribution in [0, 0.1) is 0 Å². The summed E-state index contributed by atoms with van der Waals surface area (Å²) in [6, 6.07) is 3.15.